The average Bonchev–Trinajstić information content (AvgIpc) is 2.66. The van der Waals surface area contributed by atoms with Gasteiger partial charge in [0.2, 0.25) is 5.91 Å². The summed E-state index contributed by atoms with van der Waals surface area (Å²) >= 11 is 0. The summed E-state index contributed by atoms with van der Waals surface area (Å²) in [7, 11) is 0. The number of nitrogens with zero attached hydrogens (tertiary/aromatic N) is 2. The number of carbonyl (C=O) groups excluding carboxylic acids is 3. The summed E-state index contributed by atoms with van der Waals surface area (Å²) in [6.45, 7) is 5.05. The van der Waals surface area contributed by atoms with Crippen molar-refractivity contribution in [2.24, 2.45) is 0 Å². The zero-order chi connectivity index (χ0) is 14.8. The highest BCUT2D eigenvalue weighted by Crippen LogP contribution is 2.36. The highest BCUT2D eigenvalue weighted by Gasteiger charge is 2.53. The number of rotatable bonds is 4. The monoisotopic (exact) mass is 281 g/mol. The van der Waals surface area contributed by atoms with Crippen LogP contribution in [-0.2, 0) is 9.59 Å². The van der Waals surface area contributed by atoms with Crippen molar-refractivity contribution in [2.45, 2.75) is 51.5 Å². The second-order valence-corrected chi connectivity index (χ2v) is 5.50. The molecule has 2 fully saturated rings. The van der Waals surface area contributed by atoms with Crippen LogP contribution >= 0.6 is 0 Å². The highest BCUT2D eigenvalue weighted by molar-refractivity contribution is 6.08. The van der Waals surface area contributed by atoms with Crippen LogP contribution in [0.4, 0.5) is 4.79 Å². The van der Waals surface area contributed by atoms with Gasteiger partial charge >= 0.3 is 6.03 Å². The lowest BCUT2D eigenvalue weighted by Crippen LogP contribution is -2.54. The van der Waals surface area contributed by atoms with E-state index in [1.807, 2.05) is 13.8 Å². The molecule has 4 amide bonds. The summed E-state index contributed by atoms with van der Waals surface area (Å²) in [5.41, 5.74) is -0.780. The van der Waals surface area contributed by atoms with E-state index >= 15 is 0 Å². The number of hydrogen-bond acceptors (Lipinski definition) is 3. The van der Waals surface area contributed by atoms with Crippen molar-refractivity contribution in [3.63, 3.8) is 0 Å². The van der Waals surface area contributed by atoms with Crippen molar-refractivity contribution < 1.29 is 14.4 Å². The van der Waals surface area contributed by atoms with E-state index in [0.717, 1.165) is 19.3 Å². The van der Waals surface area contributed by atoms with Crippen LogP contribution in [0.3, 0.4) is 0 Å². The molecule has 1 spiro atoms. The SMILES string of the molecule is CCN(CC)C(=O)CN1C(=O)NC(=O)C12CCCCC2. The van der Waals surface area contributed by atoms with Gasteiger partial charge in [-0.2, -0.15) is 0 Å². The summed E-state index contributed by atoms with van der Waals surface area (Å²) < 4.78 is 0. The zero-order valence-corrected chi connectivity index (χ0v) is 12.3. The molecule has 1 N–H and O–H groups in total. The summed E-state index contributed by atoms with van der Waals surface area (Å²) in [6.07, 6.45) is 4.26. The maximum atomic E-state index is 12.2. The van der Waals surface area contributed by atoms with Gasteiger partial charge in [0.05, 0.1) is 0 Å². The van der Waals surface area contributed by atoms with E-state index in [9.17, 15) is 14.4 Å². The summed E-state index contributed by atoms with van der Waals surface area (Å²) in [5, 5.41) is 2.39. The fourth-order valence-electron chi connectivity index (χ4n) is 3.27. The molecular formula is C14H23N3O3. The molecule has 2 aliphatic rings. The molecule has 0 aromatic heterocycles. The molecule has 0 radical (unpaired) electrons. The Morgan fingerprint density at radius 3 is 2.35 bits per heavy atom. The first-order valence-electron chi connectivity index (χ1n) is 7.46. The number of amides is 4. The van der Waals surface area contributed by atoms with E-state index in [0.29, 0.717) is 25.9 Å². The largest absolute Gasteiger partial charge is 0.342 e. The van der Waals surface area contributed by atoms with E-state index in [-0.39, 0.29) is 18.4 Å². The fourth-order valence-corrected chi connectivity index (χ4v) is 3.27. The van der Waals surface area contributed by atoms with Crippen molar-refractivity contribution in [1.29, 1.82) is 0 Å². The number of imide groups is 1. The molecule has 2 rings (SSSR count). The average molecular weight is 281 g/mol. The van der Waals surface area contributed by atoms with Crippen LogP contribution in [0.15, 0.2) is 0 Å². The van der Waals surface area contributed by atoms with E-state index < -0.39 is 11.6 Å². The minimum atomic E-state index is -0.780. The summed E-state index contributed by atoms with van der Waals surface area (Å²) in [6, 6.07) is -0.419. The van der Waals surface area contributed by atoms with E-state index in [1.54, 1.807) is 4.90 Å². The molecule has 1 aliphatic heterocycles. The van der Waals surface area contributed by atoms with Crippen molar-refractivity contribution in [1.82, 2.24) is 15.1 Å². The molecule has 1 saturated carbocycles. The van der Waals surface area contributed by atoms with Gasteiger partial charge in [-0.3, -0.25) is 14.9 Å². The third-order valence-electron chi connectivity index (χ3n) is 4.50. The predicted molar refractivity (Wildman–Crippen MR) is 74.0 cm³/mol. The molecule has 6 heteroatoms. The highest BCUT2D eigenvalue weighted by atomic mass is 16.2. The first-order valence-corrected chi connectivity index (χ1v) is 7.46. The van der Waals surface area contributed by atoms with Gasteiger partial charge in [0.1, 0.15) is 12.1 Å². The molecule has 1 aliphatic carbocycles. The Morgan fingerprint density at radius 1 is 1.20 bits per heavy atom. The fraction of sp³-hybridized carbons (Fsp3) is 0.786. The molecule has 1 heterocycles. The number of carbonyl (C=O) groups is 3. The lowest BCUT2D eigenvalue weighted by molar-refractivity contribution is -0.135. The van der Waals surface area contributed by atoms with Gasteiger partial charge in [0.25, 0.3) is 5.91 Å². The second kappa shape index (κ2) is 5.81. The number of hydrogen-bond donors (Lipinski definition) is 1. The van der Waals surface area contributed by atoms with Gasteiger partial charge in [0, 0.05) is 13.1 Å². The molecule has 0 aromatic carbocycles. The van der Waals surface area contributed by atoms with Crippen molar-refractivity contribution >= 4 is 17.8 Å². The summed E-state index contributed by atoms with van der Waals surface area (Å²) in [5.74, 6) is -0.320. The Bertz CT molecular complexity index is 412. The van der Waals surface area contributed by atoms with Crippen LogP contribution in [0.1, 0.15) is 46.0 Å². The molecule has 1 saturated heterocycles. The lowest BCUT2D eigenvalue weighted by atomic mass is 9.80. The number of urea groups is 1. The maximum absolute atomic E-state index is 12.2. The Hall–Kier alpha value is -1.59. The van der Waals surface area contributed by atoms with E-state index in [1.165, 1.54) is 4.90 Å². The van der Waals surface area contributed by atoms with Gasteiger partial charge in [0.15, 0.2) is 0 Å². The lowest BCUT2D eigenvalue weighted by Gasteiger charge is -2.38. The van der Waals surface area contributed by atoms with Crippen molar-refractivity contribution in [3.8, 4) is 0 Å². The summed E-state index contributed by atoms with van der Waals surface area (Å²) in [4.78, 5) is 39.6. The van der Waals surface area contributed by atoms with E-state index in [4.69, 9.17) is 0 Å². The van der Waals surface area contributed by atoms with Crippen molar-refractivity contribution in [2.75, 3.05) is 19.6 Å². The minimum Gasteiger partial charge on any atom is -0.342 e. The Balaban J connectivity index is 2.17. The molecule has 20 heavy (non-hydrogen) atoms. The van der Waals surface area contributed by atoms with E-state index in [2.05, 4.69) is 5.32 Å². The molecule has 0 aromatic rings. The minimum absolute atomic E-state index is 0.000741. The molecule has 0 bridgehead atoms. The molecule has 0 atom stereocenters. The normalized spacial score (nSPS) is 21.2. The first kappa shape index (κ1) is 14.8. The number of nitrogens with one attached hydrogen (secondary N) is 1. The van der Waals surface area contributed by atoms with Gasteiger partial charge in [-0.1, -0.05) is 19.3 Å². The van der Waals surface area contributed by atoms with Gasteiger partial charge < -0.3 is 9.80 Å². The molecule has 6 nitrogen and oxygen atoms in total. The Labute approximate surface area is 119 Å². The number of likely N-dealkylation sites (N-methyl/N-ethyl adjacent to an activating group) is 1. The van der Waals surface area contributed by atoms with Crippen LogP contribution < -0.4 is 5.32 Å². The quantitative estimate of drug-likeness (QED) is 0.785. The molecule has 0 unspecified atom stereocenters. The smallest absolute Gasteiger partial charge is 0.325 e. The van der Waals surface area contributed by atoms with Gasteiger partial charge in [-0.15, -0.1) is 0 Å². The first-order chi connectivity index (χ1) is 9.55. The van der Waals surface area contributed by atoms with Crippen LogP contribution in [0.2, 0.25) is 0 Å². The zero-order valence-electron chi connectivity index (χ0n) is 12.3. The van der Waals surface area contributed by atoms with Crippen LogP contribution in [0, 0.1) is 0 Å². The molecular weight excluding hydrogens is 258 g/mol. The maximum Gasteiger partial charge on any atom is 0.325 e. The van der Waals surface area contributed by atoms with Gasteiger partial charge in [-0.05, 0) is 26.7 Å². The van der Waals surface area contributed by atoms with Gasteiger partial charge in [-0.25, -0.2) is 4.79 Å². The van der Waals surface area contributed by atoms with Crippen molar-refractivity contribution in [3.05, 3.63) is 0 Å². The third kappa shape index (κ3) is 2.39. The standard InChI is InChI=1S/C14H23N3O3/c1-3-16(4-2)11(18)10-17-13(20)15-12(19)14(17)8-6-5-7-9-14/h3-10H2,1-2H3,(H,15,19,20). The second-order valence-electron chi connectivity index (χ2n) is 5.50. The van der Waals surface area contributed by atoms with Crippen LogP contribution in [0.5, 0.6) is 0 Å². The Kier molecular flexibility index (Phi) is 4.30. The topological polar surface area (TPSA) is 69.7 Å². The predicted octanol–water partition coefficient (Wildman–Crippen LogP) is 1.11. The Morgan fingerprint density at radius 2 is 1.80 bits per heavy atom. The molecule has 112 valence electrons. The third-order valence-corrected chi connectivity index (χ3v) is 4.50. The van der Waals surface area contributed by atoms with Crippen LogP contribution in [-0.4, -0.2) is 52.8 Å². The van der Waals surface area contributed by atoms with Crippen LogP contribution in [0.25, 0.3) is 0 Å².